The Morgan fingerprint density at radius 1 is 0.316 bits per heavy atom. The van der Waals surface area contributed by atoms with Crippen LogP contribution >= 0.6 is 0 Å². The molecule has 0 fully saturated rings. The van der Waals surface area contributed by atoms with Crippen molar-refractivity contribution in [3.63, 3.8) is 0 Å². The Morgan fingerprint density at radius 3 is 1.14 bits per heavy atom. The molecule has 0 radical (unpaired) electrons. The van der Waals surface area contributed by atoms with Crippen LogP contribution in [0, 0.1) is 34.6 Å². The van der Waals surface area contributed by atoms with E-state index in [1.54, 1.807) is 0 Å². The third kappa shape index (κ3) is 5.07. The molecule has 0 heterocycles. The van der Waals surface area contributed by atoms with Crippen LogP contribution in [0.5, 0.6) is 0 Å². The minimum atomic E-state index is -0.118. The molecule has 282 valence electrons. The summed E-state index contributed by atoms with van der Waals surface area (Å²) < 4.78 is 0. The van der Waals surface area contributed by atoms with Crippen LogP contribution in [-0.2, 0) is 16.2 Å². The van der Waals surface area contributed by atoms with E-state index in [4.69, 9.17) is 0 Å². The van der Waals surface area contributed by atoms with Crippen LogP contribution in [-0.4, -0.2) is 0 Å². The highest BCUT2D eigenvalue weighted by Crippen LogP contribution is 2.59. The van der Waals surface area contributed by atoms with Gasteiger partial charge in [-0.15, -0.1) is 0 Å². The Labute approximate surface area is 340 Å². The van der Waals surface area contributed by atoms with Crippen LogP contribution in [0.3, 0.4) is 0 Å². The zero-order valence-corrected chi connectivity index (χ0v) is 35.5. The van der Waals surface area contributed by atoms with Gasteiger partial charge >= 0.3 is 0 Å². The maximum absolute atomic E-state index is 2.60. The van der Waals surface area contributed by atoms with E-state index in [1.165, 1.54) is 123 Å². The number of nitrogens with zero attached hydrogens (tertiary/aromatic N) is 1. The highest BCUT2D eigenvalue weighted by Gasteiger charge is 2.42. The van der Waals surface area contributed by atoms with Crippen LogP contribution in [0.15, 0.2) is 121 Å². The van der Waals surface area contributed by atoms with Crippen molar-refractivity contribution in [2.45, 2.75) is 92.4 Å². The molecule has 0 aromatic heterocycles. The van der Waals surface area contributed by atoms with Crippen molar-refractivity contribution in [1.82, 2.24) is 0 Å². The summed E-state index contributed by atoms with van der Waals surface area (Å²) in [5, 5.41) is 0. The molecule has 1 heteroatoms. The van der Waals surface area contributed by atoms with Crippen molar-refractivity contribution in [3.8, 4) is 44.5 Å². The Hall–Kier alpha value is -5.66. The summed E-state index contributed by atoms with van der Waals surface area (Å²) in [6.07, 6.45) is 0. The molecule has 7 aromatic rings. The lowest BCUT2D eigenvalue weighted by Crippen LogP contribution is -2.18. The van der Waals surface area contributed by atoms with E-state index in [-0.39, 0.29) is 16.2 Å². The van der Waals surface area contributed by atoms with E-state index in [2.05, 4.69) is 202 Å². The molecule has 0 bridgehead atoms. The van der Waals surface area contributed by atoms with Gasteiger partial charge < -0.3 is 4.90 Å². The first-order valence-electron chi connectivity index (χ1n) is 20.8. The number of aryl methyl sites for hydroxylation is 5. The molecular formula is C56H53N. The Morgan fingerprint density at radius 2 is 0.667 bits per heavy atom. The van der Waals surface area contributed by atoms with Crippen LogP contribution in [0.1, 0.15) is 103 Å². The van der Waals surface area contributed by atoms with Gasteiger partial charge in [-0.05, 0) is 143 Å². The fourth-order valence-corrected chi connectivity index (χ4v) is 10.8. The minimum absolute atomic E-state index is 0.0499. The van der Waals surface area contributed by atoms with E-state index in [9.17, 15) is 0 Å². The number of fused-ring (bicyclic) bond motifs is 9. The van der Waals surface area contributed by atoms with Gasteiger partial charge in [0.05, 0.1) is 11.4 Å². The van der Waals surface area contributed by atoms with E-state index in [0.717, 1.165) is 0 Å². The van der Waals surface area contributed by atoms with Crippen LogP contribution < -0.4 is 4.90 Å². The summed E-state index contributed by atoms with van der Waals surface area (Å²) in [4.78, 5) is 2.60. The summed E-state index contributed by atoms with van der Waals surface area (Å²) >= 11 is 0. The average Bonchev–Trinajstić information content (AvgIpc) is 3.63. The van der Waals surface area contributed by atoms with Crippen molar-refractivity contribution in [1.29, 1.82) is 0 Å². The highest BCUT2D eigenvalue weighted by molar-refractivity contribution is 6.01. The van der Waals surface area contributed by atoms with Crippen molar-refractivity contribution in [2.24, 2.45) is 0 Å². The van der Waals surface area contributed by atoms with Crippen LogP contribution in [0.4, 0.5) is 17.1 Å². The normalized spacial score (nSPS) is 15.7. The van der Waals surface area contributed by atoms with Crippen LogP contribution in [0.25, 0.3) is 44.5 Å². The number of anilines is 3. The topological polar surface area (TPSA) is 3.24 Å². The molecule has 3 aliphatic rings. The molecular weight excluding hydrogens is 687 g/mol. The lowest BCUT2D eigenvalue weighted by atomic mass is 9.81. The third-order valence-electron chi connectivity index (χ3n) is 13.9. The SMILES string of the molecule is Cc1ccc2c(c1)C(C)(C)c1cc(-c3ccc(N(c4cc(C)cc5c4-c4ccc(C)cc4C5(C)C)c4cc(C)cc5c4-c4ccc(C)cc4C5(C)C)cc3)ccc1-2. The predicted octanol–water partition coefficient (Wildman–Crippen LogP) is 15.3. The van der Waals surface area contributed by atoms with Gasteiger partial charge in [-0.3, -0.25) is 0 Å². The first kappa shape index (κ1) is 35.7. The van der Waals surface area contributed by atoms with Gasteiger partial charge in [0.15, 0.2) is 0 Å². The van der Waals surface area contributed by atoms with Crippen molar-refractivity contribution >= 4 is 17.1 Å². The second-order valence-corrected chi connectivity index (χ2v) is 19.1. The second kappa shape index (κ2) is 11.9. The Balaban J connectivity index is 1.20. The molecule has 7 aromatic carbocycles. The quantitative estimate of drug-likeness (QED) is 0.174. The fourth-order valence-electron chi connectivity index (χ4n) is 10.8. The largest absolute Gasteiger partial charge is 0.309 e. The lowest BCUT2D eigenvalue weighted by Gasteiger charge is -2.32. The van der Waals surface area contributed by atoms with Crippen LogP contribution in [0.2, 0.25) is 0 Å². The molecule has 0 saturated heterocycles. The first-order valence-corrected chi connectivity index (χ1v) is 20.8. The second-order valence-electron chi connectivity index (χ2n) is 19.1. The summed E-state index contributed by atoms with van der Waals surface area (Å²) in [5.41, 5.74) is 28.9. The molecule has 57 heavy (non-hydrogen) atoms. The number of rotatable bonds is 4. The number of benzene rings is 7. The molecule has 3 aliphatic carbocycles. The lowest BCUT2D eigenvalue weighted by molar-refractivity contribution is 0.659. The molecule has 0 amide bonds. The highest BCUT2D eigenvalue weighted by atomic mass is 15.1. The monoisotopic (exact) mass is 739 g/mol. The molecule has 0 N–H and O–H groups in total. The van der Waals surface area contributed by atoms with Gasteiger partial charge in [0.2, 0.25) is 0 Å². The summed E-state index contributed by atoms with van der Waals surface area (Å²) in [6.45, 7) is 25.6. The van der Waals surface area contributed by atoms with E-state index in [0.29, 0.717) is 0 Å². The van der Waals surface area contributed by atoms with Gasteiger partial charge in [0.25, 0.3) is 0 Å². The molecule has 1 nitrogen and oxygen atoms in total. The average molecular weight is 740 g/mol. The number of hydrogen-bond acceptors (Lipinski definition) is 1. The Kier molecular flexibility index (Phi) is 7.48. The van der Waals surface area contributed by atoms with Gasteiger partial charge in [-0.2, -0.15) is 0 Å². The Bertz CT molecular complexity index is 2740. The maximum atomic E-state index is 2.60. The summed E-state index contributed by atoms with van der Waals surface area (Å²) in [5.74, 6) is 0. The first-order chi connectivity index (χ1) is 27.0. The molecule has 0 saturated carbocycles. The third-order valence-corrected chi connectivity index (χ3v) is 13.9. The minimum Gasteiger partial charge on any atom is -0.309 e. The van der Waals surface area contributed by atoms with Gasteiger partial charge in [0, 0.05) is 33.1 Å². The number of hydrogen-bond donors (Lipinski definition) is 0. The molecule has 0 spiro atoms. The summed E-state index contributed by atoms with van der Waals surface area (Å²) in [6, 6.07) is 47.4. The molecule has 0 aliphatic heterocycles. The molecule has 10 rings (SSSR count). The zero-order valence-electron chi connectivity index (χ0n) is 35.5. The summed E-state index contributed by atoms with van der Waals surface area (Å²) in [7, 11) is 0. The van der Waals surface area contributed by atoms with Gasteiger partial charge in [0.1, 0.15) is 0 Å². The molecule has 0 unspecified atom stereocenters. The molecule has 0 atom stereocenters. The zero-order chi connectivity index (χ0) is 39.9. The van der Waals surface area contributed by atoms with Gasteiger partial charge in [-0.25, -0.2) is 0 Å². The van der Waals surface area contributed by atoms with Crippen molar-refractivity contribution < 1.29 is 0 Å². The van der Waals surface area contributed by atoms with E-state index in [1.807, 2.05) is 0 Å². The van der Waals surface area contributed by atoms with Crippen molar-refractivity contribution in [2.75, 3.05) is 4.90 Å². The maximum Gasteiger partial charge on any atom is 0.0546 e. The van der Waals surface area contributed by atoms with E-state index >= 15 is 0 Å². The fraction of sp³-hybridized carbons (Fsp3) is 0.250. The smallest absolute Gasteiger partial charge is 0.0546 e. The van der Waals surface area contributed by atoms with Crippen molar-refractivity contribution in [3.05, 3.63) is 183 Å². The standard InChI is InChI=1S/C56H53N/c1-32-12-20-40-41-23-17-38(31-47(41)54(6,7)44(40)24-32)37-15-18-39(19-16-37)57(50-29-35(4)27-48-52(50)42-21-13-33(2)25-45(42)55(48,8)9)51-30-36(5)28-49-53(51)43-22-14-34(3)26-46(43)56(49,10)11/h12-31H,1-11H3. The van der Waals surface area contributed by atoms with Gasteiger partial charge in [-0.1, -0.05) is 149 Å². The predicted molar refractivity (Wildman–Crippen MR) is 243 cm³/mol. The van der Waals surface area contributed by atoms with E-state index < -0.39 is 0 Å².